The van der Waals surface area contributed by atoms with Gasteiger partial charge in [0, 0.05) is 12.6 Å². The minimum absolute atomic E-state index is 0.0293. The zero-order valence-corrected chi connectivity index (χ0v) is 8.86. The molecule has 3 nitrogen and oxygen atoms in total. The van der Waals surface area contributed by atoms with Crippen molar-refractivity contribution < 1.29 is 4.79 Å². The van der Waals surface area contributed by atoms with E-state index >= 15 is 0 Å². The highest BCUT2D eigenvalue weighted by Gasteiger charge is 2.36. The summed E-state index contributed by atoms with van der Waals surface area (Å²) in [5.74, 6) is 1.21. The fraction of sp³-hybridized carbons (Fsp3) is 0.417. The number of hydrogen-bond acceptors (Lipinski definition) is 2. The minimum Gasteiger partial charge on any atom is -0.330 e. The first-order chi connectivity index (χ1) is 7.20. The van der Waals surface area contributed by atoms with Gasteiger partial charge in [0.1, 0.15) is 0 Å². The van der Waals surface area contributed by atoms with Crippen LogP contribution in [0.3, 0.4) is 0 Å². The molecule has 3 heteroatoms. The van der Waals surface area contributed by atoms with E-state index in [1.807, 2.05) is 18.2 Å². The van der Waals surface area contributed by atoms with Gasteiger partial charge < -0.3 is 11.1 Å². The van der Waals surface area contributed by atoms with E-state index in [9.17, 15) is 4.79 Å². The molecule has 2 atom stereocenters. The van der Waals surface area contributed by atoms with Crippen molar-refractivity contribution in [1.29, 1.82) is 0 Å². The Morgan fingerprint density at radius 2 is 2.40 bits per heavy atom. The quantitative estimate of drug-likeness (QED) is 0.787. The lowest BCUT2D eigenvalue weighted by Gasteiger charge is -2.04. The van der Waals surface area contributed by atoms with Crippen LogP contribution >= 0.6 is 0 Å². The number of nitrogens with two attached hydrogens (primary N) is 1. The van der Waals surface area contributed by atoms with Crippen LogP contribution in [0, 0.1) is 5.92 Å². The number of benzene rings is 1. The van der Waals surface area contributed by atoms with Gasteiger partial charge in [-0.15, -0.1) is 0 Å². The SMILES string of the molecule is CC(=O)Nc1cccc(C2CC2CN)c1. The molecule has 1 aromatic rings. The zero-order valence-electron chi connectivity index (χ0n) is 8.86. The van der Waals surface area contributed by atoms with E-state index in [0.717, 1.165) is 12.2 Å². The molecule has 0 bridgehead atoms. The maximum atomic E-state index is 10.9. The highest BCUT2D eigenvalue weighted by atomic mass is 16.1. The number of carbonyl (C=O) groups is 1. The molecule has 0 radical (unpaired) electrons. The molecule has 1 aromatic carbocycles. The van der Waals surface area contributed by atoms with Gasteiger partial charge in [-0.2, -0.15) is 0 Å². The number of amides is 1. The standard InChI is InChI=1S/C12H16N2O/c1-8(15)14-11-4-2-3-9(5-11)12-6-10(12)7-13/h2-5,10,12H,6-7,13H2,1H3,(H,14,15). The summed E-state index contributed by atoms with van der Waals surface area (Å²) in [4.78, 5) is 10.9. The summed E-state index contributed by atoms with van der Waals surface area (Å²) < 4.78 is 0. The monoisotopic (exact) mass is 204 g/mol. The van der Waals surface area contributed by atoms with Gasteiger partial charge in [-0.3, -0.25) is 4.79 Å². The van der Waals surface area contributed by atoms with Gasteiger partial charge in [0.15, 0.2) is 0 Å². The van der Waals surface area contributed by atoms with Crippen molar-refractivity contribution in [1.82, 2.24) is 0 Å². The first-order valence-electron chi connectivity index (χ1n) is 5.28. The van der Waals surface area contributed by atoms with Crippen molar-refractivity contribution in [3.63, 3.8) is 0 Å². The Morgan fingerprint density at radius 1 is 1.60 bits per heavy atom. The van der Waals surface area contributed by atoms with Crippen molar-refractivity contribution in [3.8, 4) is 0 Å². The van der Waals surface area contributed by atoms with E-state index in [4.69, 9.17) is 5.73 Å². The van der Waals surface area contributed by atoms with E-state index in [1.165, 1.54) is 18.9 Å². The van der Waals surface area contributed by atoms with Gasteiger partial charge in [-0.25, -0.2) is 0 Å². The molecule has 1 aliphatic carbocycles. The molecule has 15 heavy (non-hydrogen) atoms. The number of anilines is 1. The highest BCUT2D eigenvalue weighted by Crippen LogP contribution is 2.46. The van der Waals surface area contributed by atoms with Crippen LogP contribution < -0.4 is 11.1 Å². The van der Waals surface area contributed by atoms with Crippen molar-refractivity contribution in [2.24, 2.45) is 11.7 Å². The van der Waals surface area contributed by atoms with E-state index in [0.29, 0.717) is 11.8 Å². The van der Waals surface area contributed by atoms with Gasteiger partial charge in [0.25, 0.3) is 0 Å². The lowest BCUT2D eigenvalue weighted by atomic mass is 10.1. The smallest absolute Gasteiger partial charge is 0.221 e. The predicted molar refractivity (Wildman–Crippen MR) is 60.6 cm³/mol. The largest absolute Gasteiger partial charge is 0.330 e. The Bertz CT molecular complexity index is 376. The average molecular weight is 204 g/mol. The zero-order chi connectivity index (χ0) is 10.8. The normalized spacial score (nSPS) is 23.6. The molecule has 80 valence electrons. The van der Waals surface area contributed by atoms with Gasteiger partial charge >= 0.3 is 0 Å². The number of rotatable bonds is 3. The van der Waals surface area contributed by atoms with Gasteiger partial charge in [-0.05, 0) is 42.5 Å². The second-order valence-corrected chi connectivity index (χ2v) is 4.14. The van der Waals surface area contributed by atoms with Crippen molar-refractivity contribution in [2.45, 2.75) is 19.3 Å². The number of hydrogen-bond donors (Lipinski definition) is 2. The molecular formula is C12H16N2O. The Balaban J connectivity index is 2.10. The second-order valence-electron chi connectivity index (χ2n) is 4.14. The topological polar surface area (TPSA) is 55.1 Å². The molecule has 1 saturated carbocycles. The third-order valence-electron chi connectivity index (χ3n) is 2.86. The van der Waals surface area contributed by atoms with Crippen LogP contribution in [0.15, 0.2) is 24.3 Å². The van der Waals surface area contributed by atoms with Crippen LogP contribution in [-0.2, 0) is 4.79 Å². The first-order valence-corrected chi connectivity index (χ1v) is 5.28. The summed E-state index contributed by atoms with van der Waals surface area (Å²) in [7, 11) is 0. The molecule has 2 rings (SSSR count). The van der Waals surface area contributed by atoms with Crippen LogP contribution in [0.2, 0.25) is 0 Å². The molecular weight excluding hydrogens is 188 g/mol. The summed E-state index contributed by atoms with van der Waals surface area (Å²) in [5, 5.41) is 2.79. The molecule has 2 unspecified atom stereocenters. The van der Waals surface area contributed by atoms with E-state index in [1.54, 1.807) is 0 Å². The van der Waals surface area contributed by atoms with Gasteiger partial charge in [-0.1, -0.05) is 12.1 Å². The van der Waals surface area contributed by atoms with E-state index in [-0.39, 0.29) is 5.91 Å². The first kappa shape index (κ1) is 10.2. The summed E-state index contributed by atoms with van der Waals surface area (Å²) in [5.41, 5.74) is 7.78. The summed E-state index contributed by atoms with van der Waals surface area (Å²) in [6.45, 7) is 2.28. The van der Waals surface area contributed by atoms with Crippen LogP contribution in [-0.4, -0.2) is 12.5 Å². The van der Waals surface area contributed by atoms with Crippen molar-refractivity contribution in [2.75, 3.05) is 11.9 Å². The summed E-state index contributed by atoms with van der Waals surface area (Å²) in [6, 6.07) is 8.03. The van der Waals surface area contributed by atoms with Crippen LogP contribution in [0.1, 0.15) is 24.8 Å². The van der Waals surface area contributed by atoms with Gasteiger partial charge in [0.2, 0.25) is 5.91 Å². The maximum absolute atomic E-state index is 10.9. The van der Waals surface area contributed by atoms with Crippen LogP contribution in [0.5, 0.6) is 0 Å². The van der Waals surface area contributed by atoms with Crippen molar-refractivity contribution >= 4 is 11.6 Å². The number of nitrogens with one attached hydrogen (secondary N) is 1. The molecule has 1 amide bonds. The Hall–Kier alpha value is -1.35. The van der Waals surface area contributed by atoms with E-state index < -0.39 is 0 Å². The fourth-order valence-corrected chi connectivity index (χ4v) is 1.97. The molecule has 1 aliphatic rings. The van der Waals surface area contributed by atoms with E-state index in [2.05, 4.69) is 11.4 Å². The Kier molecular flexibility index (Phi) is 2.73. The highest BCUT2D eigenvalue weighted by molar-refractivity contribution is 5.88. The number of carbonyl (C=O) groups excluding carboxylic acids is 1. The molecule has 0 spiro atoms. The Labute approximate surface area is 89.7 Å². The molecule has 1 fully saturated rings. The van der Waals surface area contributed by atoms with Crippen LogP contribution in [0.25, 0.3) is 0 Å². The molecule has 0 aromatic heterocycles. The molecule has 3 N–H and O–H groups in total. The fourth-order valence-electron chi connectivity index (χ4n) is 1.97. The summed E-state index contributed by atoms with van der Waals surface area (Å²) in [6.07, 6.45) is 1.18. The third-order valence-corrected chi connectivity index (χ3v) is 2.86. The third kappa shape index (κ3) is 2.36. The lowest BCUT2D eigenvalue weighted by Crippen LogP contribution is -2.06. The van der Waals surface area contributed by atoms with Crippen LogP contribution in [0.4, 0.5) is 5.69 Å². The van der Waals surface area contributed by atoms with Crippen molar-refractivity contribution in [3.05, 3.63) is 29.8 Å². The average Bonchev–Trinajstić information content (AvgIpc) is 2.96. The maximum Gasteiger partial charge on any atom is 0.221 e. The minimum atomic E-state index is -0.0293. The second kappa shape index (κ2) is 4.03. The van der Waals surface area contributed by atoms with Gasteiger partial charge in [0.05, 0.1) is 0 Å². The summed E-state index contributed by atoms with van der Waals surface area (Å²) >= 11 is 0. The molecule has 0 heterocycles. The molecule has 0 saturated heterocycles. The molecule has 0 aliphatic heterocycles. The Morgan fingerprint density at radius 3 is 3.00 bits per heavy atom. The predicted octanol–water partition coefficient (Wildman–Crippen LogP) is 1.71. The lowest BCUT2D eigenvalue weighted by molar-refractivity contribution is -0.114.